The molecule has 0 radical (unpaired) electrons. The van der Waals surface area contributed by atoms with Gasteiger partial charge in [-0.05, 0) is 74.3 Å². The van der Waals surface area contributed by atoms with Crippen LogP contribution < -0.4 is 0 Å². The Morgan fingerprint density at radius 1 is 1.11 bits per heavy atom. The van der Waals surface area contributed by atoms with Crippen LogP contribution in [0.5, 0.6) is 0 Å². The number of carboxylic acid groups (broad SMARTS) is 1. The van der Waals surface area contributed by atoms with Gasteiger partial charge in [-0.2, -0.15) is 0 Å². The Kier molecular flexibility index (Phi) is 5.59. The van der Waals surface area contributed by atoms with Crippen LogP contribution in [0.3, 0.4) is 0 Å². The highest BCUT2D eigenvalue weighted by atomic mass is 16.4. The Labute approximate surface area is 116 Å². The van der Waals surface area contributed by atoms with Gasteiger partial charge < -0.3 is 5.11 Å². The third-order valence-electron chi connectivity index (χ3n) is 4.19. The summed E-state index contributed by atoms with van der Waals surface area (Å²) in [5, 5.41) is 8.66. The third-order valence-corrected chi connectivity index (χ3v) is 4.19. The quantitative estimate of drug-likeness (QED) is 0.756. The van der Waals surface area contributed by atoms with Crippen molar-refractivity contribution in [3.8, 4) is 0 Å². The topological polar surface area (TPSA) is 37.3 Å². The largest absolute Gasteiger partial charge is 0.481 e. The molecular formula is C17H26O2. The highest BCUT2D eigenvalue weighted by Crippen LogP contribution is 2.31. The fourth-order valence-electron chi connectivity index (χ4n) is 2.86. The normalized spacial score (nSPS) is 12.5. The number of aliphatic carboxylic acids is 1. The van der Waals surface area contributed by atoms with Crippen molar-refractivity contribution in [3.05, 3.63) is 33.9 Å². The molecule has 1 aromatic rings. The summed E-state index contributed by atoms with van der Waals surface area (Å²) in [7, 11) is 0. The number of rotatable bonds is 6. The molecule has 0 spiro atoms. The second-order valence-electron chi connectivity index (χ2n) is 5.71. The molecule has 2 nitrogen and oxygen atoms in total. The van der Waals surface area contributed by atoms with Gasteiger partial charge in [0, 0.05) is 6.42 Å². The Bertz CT molecular complexity index is 435. The van der Waals surface area contributed by atoms with Gasteiger partial charge in [0.05, 0.1) is 0 Å². The van der Waals surface area contributed by atoms with Crippen molar-refractivity contribution in [2.24, 2.45) is 0 Å². The van der Waals surface area contributed by atoms with Crippen LogP contribution in [0, 0.1) is 27.7 Å². The number of aryl methyl sites for hydroxylation is 2. The lowest BCUT2D eigenvalue weighted by atomic mass is 9.84. The molecular weight excluding hydrogens is 236 g/mol. The molecule has 0 heterocycles. The maximum atomic E-state index is 10.5. The van der Waals surface area contributed by atoms with E-state index in [0.717, 1.165) is 19.3 Å². The van der Waals surface area contributed by atoms with Crippen molar-refractivity contribution in [2.45, 2.75) is 66.2 Å². The zero-order valence-electron chi connectivity index (χ0n) is 12.8. The maximum absolute atomic E-state index is 10.5. The van der Waals surface area contributed by atoms with Gasteiger partial charge in [0.2, 0.25) is 0 Å². The average molecular weight is 262 g/mol. The van der Waals surface area contributed by atoms with Gasteiger partial charge in [0.15, 0.2) is 0 Å². The molecule has 1 N–H and O–H groups in total. The molecule has 1 atom stereocenters. The van der Waals surface area contributed by atoms with Crippen molar-refractivity contribution >= 4 is 5.97 Å². The minimum atomic E-state index is -0.689. The summed E-state index contributed by atoms with van der Waals surface area (Å²) >= 11 is 0. The van der Waals surface area contributed by atoms with Gasteiger partial charge in [-0.3, -0.25) is 4.79 Å². The lowest BCUT2D eigenvalue weighted by molar-refractivity contribution is -0.137. The van der Waals surface area contributed by atoms with E-state index >= 15 is 0 Å². The zero-order chi connectivity index (χ0) is 14.6. The van der Waals surface area contributed by atoms with E-state index < -0.39 is 5.97 Å². The van der Waals surface area contributed by atoms with Gasteiger partial charge in [-0.1, -0.05) is 19.4 Å². The zero-order valence-corrected chi connectivity index (χ0v) is 12.8. The molecule has 0 fully saturated rings. The molecule has 106 valence electrons. The van der Waals surface area contributed by atoms with E-state index in [9.17, 15) is 4.79 Å². The highest BCUT2D eigenvalue weighted by Gasteiger charge is 2.14. The summed E-state index contributed by atoms with van der Waals surface area (Å²) in [6.45, 7) is 11.0. The molecule has 0 amide bonds. The van der Waals surface area contributed by atoms with E-state index in [-0.39, 0.29) is 6.42 Å². The minimum absolute atomic E-state index is 0.289. The third kappa shape index (κ3) is 4.09. The van der Waals surface area contributed by atoms with Crippen LogP contribution in [0.4, 0.5) is 0 Å². The van der Waals surface area contributed by atoms with Crippen LogP contribution in [0.15, 0.2) is 6.07 Å². The first-order chi connectivity index (χ1) is 8.84. The molecule has 0 aliphatic rings. The van der Waals surface area contributed by atoms with Crippen molar-refractivity contribution < 1.29 is 9.90 Å². The number of carbonyl (C=O) groups is 1. The van der Waals surface area contributed by atoms with Gasteiger partial charge in [-0.15, -0.1) is 0 Å². The van der Waals surface area contributed by atoms with Crippen molar-refractivity contribution in [1.29, 1.82) is 0 Å². The molecule has 0 aliphatic carbocycles. The van der Waals surface area contributed by atoms with E-state index in [1.165, 1.54) is 27.8 Å². The molecule has 1 aromatic carbocycles. The monoisotopic (exact) mass is 262 g/mol. The fourth-order valence-corrected chi connectivity index (χ4v) is 2.86. The summed E-state index contributed by atoms with van der Waals surface area (Å²) in [5.41, 5.74) is 6.97. The van der Waals surface area contributed by atoms with Crippen molar-refractivity contribution in [1.82, 2.24) is 0 Å². The smallest absolute Gasteiger partial charge is 0.303 e. The standard InChI is InChI=1S/C17H26O2/c1-11(8-6-7-9-16(18)19)17-14(4)12(2)10-13(3)15(17)5/h10-11H,6-9H2,1-5H3,(H,18,19). The van der Waals surface area contributed by atoms with Gasteiger partial charge in [0.1, 0.15) is 0 Å². The Hall–Kier alpha value is -1.31. The van der Waals surface area contributed by atoms with Crippen LogP contribution in [0.2, 0.25) is 0 Å². The second kappa shape index (κ2) is 6.74. The van der Waals surface area contributed by atoms with E-state index in [1.54, 1.807) is 0 Å². The first-order valence-corrected chi connectivity index (χ1v) is 7.13. The van der Waals surface area contributed by atoms with E-state index in [1.807, 2.05) is 0 Å². The SMILES string of the molecule is Cc1cc(C)c(C)c(C(C)CCCCC(=O)O)c1C. The van der Waals surface area contributed by atoms with Gasteiger partial charge in [-0.25, -0.2) is 0 Å². The summed E-state index contributed by atoms with van der Waals surface area (Å²) in [5.74, 6) is -0.182. The lowest BCUT2D eigenvalue weighted by Crippen LogP contribution is -2.04. The van der Waals surface area contributed by atoms with Crippen LogP contribution in [-0.4, -0.2) is 11.1 Å². The highest BCUT2D eigenvalue weighted by molar-refractivity contribution is 5.66. The molecule has 1 rings (SSSR count). The van der Waals surface area contributed by atoms with Crippen molar-refractivity contribution in [3.63, 3.8) is 0 Å². The van der Waals surface area contributed by atoms with Gasteiger partial charge in [0.25, 0.3) is 0 Å². The molecule has 2 heteroatoms. The predicted molar refractivity (Wildman–Crippen MR) is 79.9 cm³/mol. The van der Waals surface area contributed by atoms with E-state index in [2.05, 4.69) is 40.7 Å². The first kappa shape index (κ1) is 15.7. The molecule has 0 aliphatic heterocycles. The Morgan fingerprint density at radius 2 is 1.63 bits per heavy atom. The van der Waals surface area contributed by atoms with Crippen LogP contribution in [0.25, 0.3) is 0 Å². The summed E-state index contributed by atoms with van der Waals surface area (Å²) in [6.07, 6.45) is 3.12. The summed E-state index contributed by atoms with van der Waals surface area (Å²) in [4.78, 5) is 10.5. The Morgan fingerprint density at radius 3 is 2.11 bits per heavy atom. The summed E-state index contributed by atoms with van der Waals surface area (Å²) < 4.78 is 0. The van der Waals surface area contributed by atoms with Crippen molar-refractivity contribution in [2.75, 3.05) is 0 Å². The predicted octanol–water partition coefficient (Wildman–Crippen LogP) is 4.67. The molecule has 0 aromatic heterocycles. The second-order valence-corrected chi connectivity index (χ2v) is 5.71. The van der Waals surface area contributed by atoms with E-state index in [4.69, 9.17) is 5.11 Å². The van der Waals surface area contributed by atoms with Crippen LogP contribution in [-0.2, 0) is 4.79 Å². The van der Waals surface area contributed by atoms with Crippen LogP contribution in [0.1, 0.15) is 66.3 Å². The number of hydrogen-bond acceptors (Lipinski definition) is 1. The number of carboxylic acids is 1. The number of unbranched alkanes of at least 4 members (excludes halogenated alkanes) is 1. The molecule has 1 unspecified atom stereocenters. The molecule has 19 heavy (non-hydrogen) atoms. The average Bonchev–Trinajstić information content (AvgIpc) is 2.32. The maximum Gasteiger partial charge on any atom is 0.303 e. The van der Waals surface area contributed by atoms with E-state index in [0.29, 0.717) is 5.92 Å². The number of benzene rings is 1. The molecule has 0 saturated carbocycles. The fraction of sp³-hybridized carbons (Fsp3) is 0.588. The number of hydrogen-bond donors (Lipinski definition) is 1. The molecule has 0 bridgehead atoms. The summed E-state index contributed by atoms with van der Waals surface area (Å²) in [6, 6.07) is 2.26. The molecule has 0 saturated heterocycles. The van der Waals surface area contributed by atoms with Crippen LogP contribution >= 0.6 is 0 Å². The lowest BCUT2D eigenvalue weighted by Gasteiger charge is -2.21. The Balaban J connectivity index is 2.76. The first-order valence-electron chi connectivity index (χ1n) is 7.13. The van der Waals surface area contributed by atoms with Gasteiger partial charge >= 0.3 is 5.97 Å². The minimum Gasteiger partial charge on any atom is -0.481 e.